The molecule has 0 bridgehead atoms. The average Bonchev–Trinajstić information content (AvgIpc) is 2.17. The molecule has 1 rings (SSSR count). The lowest BCUT2D eigenvalue weighted by Crippen LogP contribution is -2.46. The average molecular weight is 189 g/mol. The number of nitrogens with one attached hydrogen (secondary N) is 1. The van der Waals surface area contributed by atoms with Crippen LogP contribution in [0.5, 0.6) is 0 Å². The number of aliphatic hydroxyl groups excluding tert-OH is 1. The van der Waals surface area contributed by atoms with Crippen molar-refractivity contribution in [1.29, 1.82) is 0 Å². The first-order chi connectivity index (χ1) is 5.77. The van der Waals surface area contributed by atoms with Crippen LogP contribution in [0, 0.1) is 5.92 Å². The molecule has 3 atom stereocenters. The molecule has 1 fully saturated rings. The standard InChI is InChI=1S/C9H19NOS/c1-2-9(11)8-4-3-7(6-12)5-10-8/h7-12H,2-6H2,1H3. The lowest BCUT2D eigenvalue weighted by atomic mass is 9.92. The maximum atomic E-state index is 9.56. The second kappa shape index (κ2) is 5.10. The second-order valence-corrected chi connectivity index (χ2v) is 3.98. The van der Waals surface area contributed by atoms with E-state index in [4.69, 9.17) is 0 Å². The summed E-state index contributed by atoms with van der Waals surface area (Å²) in [4.78, 5) is 0. The fourth-order valence-corrected chi connectivity index (χ4v) is 2.02. The third-order valence-electron chi connectivity index (χ3n) is 2.70. The lowest BCUT2D eigenvalue weighted by Gasteiger charge is -2.31. The highest BCUT2D eigenvalue weighted by Gasteiger charge is 2.23. The molecular weight excluding hydrogens is 170 g/mol. The van der Waals surface area contributed by atoms with Crippen molar-refractivity contribution in [2.24, 2.45) is 5.92 Å². The Kier molecular flexibility index (Phi) is 4.40. The molecule has 0 aliphatic carbocycles. The van der Waals surface area contributed by atoms with Crippen LogP contribution in [0.4, 0.5) is 0 Å². The Morgan fingerprint density at radius 3 is 2.75 bits per heavy atom. The zero-order chi connectivity index (χ0) is 8.97. The molecule has 0 aromatic carbocycles. The normalized spacial score (nSPS) is 33.2. The van der Waals surface area contributed by atoms with Crippen LogP contribution in [0.3, 0.4) is 0 Å². The highest BCUT2D eigenvalue weighted by molar-refractivity contribution is 7.80. The van der Waals surface area contributed by atoms with Crippen LogP contribution in [0.2, 0.25) is 0 Å². The lowest BCUT2D eigenvalue weighted by molar-refractivity contribution is 0.102. The van der Waals surface area contributed by atoms with Gasteiger partial charge < -0.3 is 10.4 Å². The third-order valence-corrected chi connectivity index (χ3v) is 3.21. The Morgan fingerprint density at radius 1 is 1.58 bits per heavy atom. The molecule has 0 saturated carbocycles. The number of piperidine rings is 1. The zero-order valence-electron chi connectivity index (χ0n) is 7.66. The fourth-order valence-electron chi connectivity index (χ4n) is 1.71. The maximum absolute atomic E-state index is 9.56. The van der Waals surface area contributed by atoms with Crippen LogP contribution in [-0.2, 0) is 0 Å². The predicted molar refractivity (Wildman–Crippen MR) is 54.7 cm³/mol. The molecule has 0 aromatic rings. The topological polar surface area (TPSA) is 32.3 Å². The Morgan fingerprint density at radius 2 is 2.33 bits per heavy atom. The molecule has 2 N–H and O–H groups in total. The quantitative estimate of drug-likeness (QED) is 0.580. The summed E-state index contributed by atoms with van der Waals surface area (Å²) in [6.45, 7) is 3.04. The smallest absolute Gasteiger partial charge is 0.0690 e. The summed E-state index contributed by atoms with van der Waals surface area (Å²) in [5, 5.41) is 12.9. The highest BCUT2D eigenvalue weighted by Crippen LogP contribution is 2.18. The van der Waals surface area contributed by atoms with Gasteiger partial charge in [-0.25, -0.2) is 0 Å². The molecule has 12 heavy (non-hydrogen) atoms. The third kappa shape index (κ3) is 2.64. The van der Waals surface area contributed by atoms with Gasteiger partial charge in [-0.3, -0.25) is 0 Å². The first-order valence-corrected chi connectivity index (χ1v) is 5.43. The second-order valence-electron chi connectivity index (χ2n) is 3.62. The number of aliphatic hydroxyl groups is 1. The number of thiol groups is 1. The minimum atomic E-state index is -0.161. The van der Waals surface area contributed by atoms with E-state index >= 15 is 0 Å². The fraction of sp³-hybridized carbons (Fsp3) is 1.00. The van der Waals surface area contributed by atoms with Crippen molar-refractivity contribution in [3.63, 3.8) is 0 Å². The summed E-state index contributed by atoms with van der Waals surface area (Å²) in [6, 6.07) is 0.325. The molecule has 72 valence electrons. The molecule has 2 nitrogen and oxygen atoms in total. The van der Waals surface area contributed by atoms with Crippen LogP contribution in [0.1, 0.15) is 26.2 Å². The van der Waals surface area contributed by atoms with Gasteiger partial charge in [0.05, 0.1) is 6.10 Å². The van der Waals surface area contributed by atoms with Crippen molar-refractivity contribution in [1.82, 2.24) is 5.32 Å². The molecule has 0 radical (unpaired) electrons. The molecule has 3 heteroatoms. The Labute approximate surface area is 80.2 Å². The van der Waals surface area contributed by atoms with E-state index in [9.17, 15) is 5.11 Å². The van der Waals surface area contributed by atoms with E-state index in [0.29, 0.717) is 12.0 Å². The minimum absolute atomic E-state index is 0.161. The van der Waals surface area contributed by atoms with Crippen LogP contribution < -0.4 is 5.32 Å². The number of hydrogen-bond acceptors (Lipinski definition) is 3. The Balaban J connectivity index is 2.25. The van der Waals surface area contributed by atoms with E-state index < -0.39 is 0 Å². The van der Waals surface area contributed by atoms with Gasteiger partial charge in [-0.1, -0.05) is 6.92 Å². The summed E-state index contributed by atoms with van der Waals surface area (Å²) in [6.07, 6.45) is 2.99. The molecule has 0 spiro atoms. The van der Waals surface area contributed by atoms with Crippen LogP contribution in [0.25, 0.3) is 0 Å². The van der Waals surface area contributed by atoms with E-state index in [1.807, 2.05) is 6.92 Å². The van der Waals surface area contributed by atoms with Gasteiger partial charge in [0, 0.05) is 6.04 Å². The summed E-state index contributed by atoms with van der Waals surface area (Å²) in [5.74, 6) is 1.66. The molecule has 1 aliphatic rings. The first-order valence-electron chi connectivity index (χ1n) is 4.80. The molecule has 0 amide bonds. The molecular formula is C9H19NOS. The van der Waals surface area contributed by atoms with Crippen molar-refractivity contribution >= 4 is 12.6 Å². The van der Waals surface area contributed by atoms with Crippen molar-refractivity contribution in [3.8, 4) is 0 Å². The van der Waals surface area contributed by atoms with Crippen molar-refractivity contribution in [3.05, 3.63) is 0 Å². The van der Waals surface area contributed by atoms with Gasteiger partial charge in [-0.05, 0) is 37.5 Å². The van der Waals surface area contributed by atoms with Gasteiger partial charge in [0.1, 0.15) is 0 Å². The summed E-state index contributed by atoms with van der Waals surface area (Å²) >= 11 is 4.27. The van der Waals surface area contributed by atoms with Crippen LogP contribution in [-0.4, -0.2) is 29.5 Å². The Hall–Kier alpha value is 0.270. The minimum Gasteiger partial charge on any atom is -0.392 e. The van der Waals surface area contributed by atoms with Crippen LogP contribution in [0.15, 0.2) is 0 Å². The number of rotatable bonds is 3. The predicted octanol–water partition coefficient (Wildman–Crippen LogP) is 1.06. The largest absolute Gasteiger partial charge is 0.392 e. The van der Waals surface area contributed by atoms with Crippen molar-refractivity contribution in [2.45, 2.75) is 38.3 Å². The molecule has 1 heterocycles. The number of hydrogen-bond donors (Lipinski definition) is 3. The van der Waals surface area contributed by atoms with E-state index in [0.717, 1.165) is 25.1 Å². The summed E-state index contributed by atoms with van der Waals surface area (Å²) in [5.41, 5.74) is 0. The maximum Gasteiger partial charge on any atom is 0.0690 e. The van der Waals surface area contributed by atoms with E-state index in [2.05, 4.69) is 17.9 Å². The van der Waals surface area contributed by atoms with E-state index in [-0.39, 0.29) is 6.10 Å². The van der Waals surface area contributed by atoms with Crippen LogP contribution >= 0.6 is 12.6 Å². The summed E-state index contributed by atoms with van der Waals surface area (Å²) < 4.78 is 0. The van der Waals surface area contributed by atoms with Gasteiger partial charge >= 0.3 is 0 Å². The van der Waals surface area contributed by atoms with E-state index in [1.165, 1.54) is 6.42 Å². The van der Waals surface area contributed by atoms with Gasteiger partial charge in [-0.2, -0.15) is 12.6 Å². The molecule has 0 aromatic heterocycles. The Bertz CT molecular complexity index is 124. The van der Waals surface area contributed by atoms with Gasteiger partial charge in [-0.15, -0.1) is 0 Å². The highest BCUT2D eigenvalue weighted by atomic mass is 32.1. The van der Waals surface area contributed by atoms with Gasteiger partial charge in [0.2, 0.25) is 0 Å². The molecule has 1 saturated heterocycles. The van der Waals surface area contributed by atoms with E-state index in [1.54, 1.807) is 0 Å². The van der Waals surface area contributed by atoms with Crippen molar-refractivity contribution in [2.75, 3.05) is 12.3 Å². The van der Waals surface area contributed by atoms with Gasteiger partial charge in [0.25, 0.3) is 0 Å². The monoisotopic (exact) mass is 189 g/mol. The molecule has 3 unspecified atom stereocenters. The van der Waals surface area contributed by atoms with Crippen molar-refractivity contribution < 1.29 is 5.11 Å². The summed E-state index contributed by atoms with van der Waals surface area (Å²) in [7, 11) is 0. The van der Waals surface area contributed by atoms with Gasteiger partial charge in [0.15, 0.2) is 0 Å². The molecule has 1 aliphatic heterocycles. The SMILES string of the molecule is CCC(O)C1CCC(CS)CN1. The first kappa shape index (κ1) is 10.4. The zero-order valence-corrected chi connectivity index (χ0v) is 8.56.